The lowest BCUT2D eigenvalue weighted by Gasteiger charge is -2.26. The zero-order chi connectivity index (χ0) is 42.1. The molecule has 13 rings (SSSR count). The second-order valence-corrected chi connectivity index (χ2v) is 18.6. The van der Waals surface area contributed by atoms with Gasteiger partial charge in [0.2, 0.25) is 0 Å². The van der Waals surface area contributed by atoms with E-state index in [9.17, 15) is 0 Å². The summed E-state index contributed by atoms with van der Waals surface area (Å²) in [4.78, 5) is 2.40. The molecule has 0 radical (unpaired) electrons. The molecular weight excluding hydrogens is 813 g/mol. The van der Waals surface area contributed by atoms with E-state index >= 15 is 0 Å². The van der Waals surface area contributed by atoms with Crippen LogP contribution in [0.2, 0.25) is 0 Å². The number of thiophene rings is 2. The van der Waals surface area contributed by atoms with Gasteiger partial charge in [0.1, 0.15) is 0 Å². The number of nitrogens with zero attached hydrogens (tertiary/aromatic N) is 2. The van der Waals surface area contributed by atoms with Gasteiger partial charge in [0.05, 0.1) is 11.0 Å². The van der Waals surface area contributed by atoms with Crippen molar-refractivity contribution in [2.75, 3.05) is 4.90 Å². The third-order valence-corrected chi connectivity index (χ3v) is 15.2. The molecule has 0 bridgehead atoms. The second-order valence-electron chi connectivity index (χ2n) is 16.5. The van der Waals surface area contributed by atoms with E-state index in [4.69, 9.17) is 0 Å². The summed E-state index contributed by atoms with van der Waals surface area (Å²) in [5.74, 6) is 0. The Morgan fingerprint density at radius 2 is 0.812 bits per heavy atom. The first-order valence-corrected chi connectivity index (χ1v) is 23.4. The average Bonchev–Trinajstić information content (AvgIpc) is 4.05. The van der Waals surface area contributed by atoms with Crippen LogP contribution in [0.15, 0.2) is 231 Å². The molecule has 0 saturated heterocycles. The lowest BCUT2D eigenvalue weighted by Crippen LogP contribution is -2.10. The number of benzene rings is 10. The highest BCUT2D eigenvalue weighted by Gasteiger charge is 2.18. The van der Waals surface area contributed by atoms with Crippen molar-refractivity contribution in [3.05, 3.63) is 231 Å². The Bertz CT molecular complexity index is 3890. The topological polar surface area (TPSA) is 8.17 Å². The number of rotatable bonds is 7. The predicted molar refractivity (Wildman–Crippen MR) is 278 cm³/mol. The minimum atomic E-state index is 1.10. The molecule has 0 spiro atoms. The second kappa shape index (κ2) is 15.0. The lowest BCUT2D eigenvalue weighted by molar-refractivity contribution is 1.18. The smallest absolute Gasteiger partial charge is 0.0547 e. The van der Waals surface area contributed by atoms with Crippen LogP contribution < -0.4 is 4.90 Å². The van der Waals surface area contributed by atoms with Crippen LogP contribution in [-0.2, 0) is 0 Å². The van der Waals surface area contributed by atoms with Gasteiger partial charge in [-0.1, -0.05) is 158 Å². The Morgan fingerprint density at radius 1 is 0.297 bits per heavy atom. The molecule has 3 aromatic heterocycles. The van der Waals surface area contributed by atoms with E-state index in [1.54, 1.807) is 0 Å². The lowest BCUT2D eigenvalue weighted by atomic mass is 10.00. The van der Waals surface area contributed by atoms with Gasteiger partial charge in [0, 0.05) is 73.9 Å². The summed E-state index contributed by atoms with van der Waals surface area (Å²) in [5.41, 5.74) is 14.2. The standard InChI is InChI=1S/C60H38N2S2/c1-2-14-43(15-3-1)62-55-24-7-4-17-49(55)50-36-31-41(38-56(50)62)39-27-32-44(33-28-39)61(45-34-29-40(30-35-45)47-20-11-22-53-51-18-5-8-25-57(51)63-59(47)53)46-16-10-13-42(37-46)48-21-12-23-54-52-19-6-9-26-58(52)64-60(48)54/h1-38H. The molecule has 0 saturated carbocycles. The molecule has 0 N–H and O–H groups in total. The first-order valence-electron chi connectivity index (χ1n) is 21.7. The Hall–Kier alpha value is -7.76. The highest BCUT2D eigenvalue weighted by Crippen LogP contribution is 2.45. The SMILES string of the molecule is c1ccc(-n2c3ccccc3c3ccc(-c4ccc(N(c5ccc(-c6cccc7c6sc6ccccc67)cc5)c5cccc(-c6cccc7c6sc6ccccc67)c5)cc4)cc32)cc1. The van der Waals surface area contributed by atoms with Crippen molar-refractivity contribution in [1.29, 1.82) is 0 Å². The maximum Gasteiger partial charge on any atom is 0.0547 e. The Morgan fingerprint density at radius 3 is 1.48 bits per heavy atom. The van der Waals surface area contributed by atoms with E-state index in [0.29, 0.717) is 0 Å². The van der Waals surface area contributed by atoms with E-state index in [1.807, 2.05) is 22.7 Å². The molecule has 0 fully saturated rings. The molecule has 3 heterocycles. The van der Waals surface area contributed by atoms with Crippen molar-refractivity contribution >= 4 is 102 Å². The van der Waals surface area contributed by atoms with Gasteiger partial charge in [-0.25, -0.2) is 0 Å². The molecule has 2 nitrogen and oxygen atoms in total. The van der Waals surface area contributed by atoms with E-state index < -0.39 is 0 Å². The number of fused-ring (bicyclic) bond motifs is 9. The molecule has 0 unspecified atom stereocenters. The van der Waals surface area contributed by atoms with E-state index in [0.717, 1.165) is 22.7 Å². The van der Waals surface area contributed by atoms with Crippen molar-refractivity contribution in [3.63, 3.8) is 0 Å². The molecular formula is C60H38N2S2. The summed E-state index contributed by atoms with van der Waals surface area (Å²) in [7, 11) is 0. The van der Waals surface area contributed by atoms with Crippen molar-refractivity contribution in [2.45, 2.75) is 0 Å². The highest BCUT2D eigenvalue weighted by molar-refractivity contribution is 7.26. The Kier molecular flexibility index (Phi) is 8.61. The molecule has 10 aromatic carbocycles. The molecule has 0 aliphatic rings. The molecule has 64 heavy (non-hydrogen) atoms. The van der Waals surface area contributed by atoms with Crippen molar-refractivity contribution < 1.29 is 0 Å². The number of hydrogen-bond acceptors (Lipinski definition) is 3. The first kappa shape index (κ1) is 36.9. The van der Waals surface area contributed by atoms with Gasteiger partial charge in [-0.3, -0.25) is 0 Å². The van der Waals surface area contributed by atoms with Gasteiger partial charge in [0.25, 0.3) is 0 Å². The summed E-state index contributed by atoms with van der Waals surface area (Å²) < 4.78 is 7.67. The average molecular weight is 851 g/mol. The highest BCUT2D eigenvalue weighted by atomic mass is 32.1. The minimum absolute atomic E-state index is 1.10. The fourth-order valence-corrected chi connectivity index (χ4v) is 12.3. The molecule has 4 heteroatoms. The van der Waals surface area contributed by atoms with Crippen molar-refractivity contribution in [2.24, 2.45) is 0 Å². The maximum atomic E-state index is 2.40. The third kappa shape index (κ3) is 5.99. The summed E-state index contributed by atoms with van der Waals surface area (Å²) in [6.07, 6.45) is 0. The van der Waals surface area contributed by atoms with Gasteiger partial charge in [-0.2, -0.15) is 0 Å². The monoisotopic (exact) mass is 850 g/mol. The maximum absolute atomic E-state index is 2.40. The van der Waals surface area contributed by atoms with Gasteiger partial charge < -0.3 is 9.47 Å². The van der Waals surface area contributed by atoms with Crippen LogP contribution in [0.4, 0.5) is 17.1 Å². The van der Waals surface area contributed by atoms with Crippen LogP contribution in [0.1, 0.15) is 0 Å². The number of para-hydroxylation sites is 2. The summed E-state index contributed by atoms with van der Waals surface area (Å²) >= 11 is 3.76. The largest absolute Gasteiger partial charge is 0.310 e. The Balaban J connectivity index is 0.931. The van der Waals surface area contributed by atoms with Gasteiger partial charge in [0.15, 0.2) is 0 Å². The number of anilines is 3. The zero-order valence-electron chi connectivity index (χ0n) is 34.7. The van der Waals surface area contributed by atoms with Crippen LogP contribution in [0.25, 0.3) is 101 Å². The zero-order valence-corrected chi connectivity index (χ0v) is 36.3. The quantitative estimate of drug-likeness (QED) is 0.155. The van der Waals surface area contributed by atoms with Crippen LogP contribution >= 0.6 is 22.7 Å². The number of aromatic nitrogens is 1. The van der Waals surface area contributed by atoms with Gasteiger partial charge >= 0.3 is 0 Å². The predicted octanol–water partition coefficient (Wildman–Crippen LogP) is 18.0. The van der Waals surface area contributed by atoms with Crippen molar-refractivity contribution in [1.82, 2.24) is 4.57 Å². The summed E-state index contributed by atoms with van der Waals surface area (Å²) in [6, 6.07) is 84.6. The van der Waals surface area contributed by atoms with E-state index in [2.05, 4.69) is 240 Å². The minimum Gasteiger partial charge on any atom is -0.310 e. The first-order chi connectivity index (χ1) is 31.7. The van der Waals surface area contributed by atoms with Crippen molar-refractivity contribution in [3.8, 4) is 39.1 Å². The number of hydrogen-bond donors (Lipinski definition) is 0. The van der Waals surface area contributed by atoms with Crippen LogP contribution in [-0.4, -0.2) is 4.57 Å². The van der Waals surface area contributed by atoms with Crippen LogP contribution in [0.3, 0.4) is 0 Å². The van der Waals surface area contributed by atoms with E-state index in [1.165, 1.54) is 95.5 Å². The molecule has 0 atom stereocenters. The fourth-order valence-electron chi connectivity index (χ4n) is 9.81. The molecule has 300 valence electrons. The van der Waals surface area contributed by atoms with Crippen LogP contribution in [0.5, 0.6) is 0 Å². The molecule has 0 aliphatic carbocycles. The van der Waals surface area contributed by atoms with E-state index in [-0.39, 0.29) is 0 Å². The summed E-state index contributed by atoms with van der Waals surface area (Å²) in [6.45, 7) is 0. The van der Waals surface area contributed by atoms with Crippen LogP contribution in [0, 0.1) is 0 Å². The normalized spacial score (nSPS) is 11.8. The summed E-state index contributed by atoms with van der Waals surface area (Å²) in [5, 5.41) is 7.77. The Labute approximate surface area is 378 Å². The van der Waals surface area contributed by atoms with Gasteiger partial charge in [-0.15, -0.1) is 22.7 Å². The third-order valence-electron chi connectivity index (χ3n) is 12.8. The molecule has 0 amide bonds. The fraction of sp³-hybridized carbons (Fsp3) is 0. The molecule has 0 aliphatic heterocycles. The van der Waals surface area contributed by atoms with Gasteiger partial charge in [-0.05, 0) is 106 Å². The molecule has 13 aromatic rings.